The fourth-order valence-electron chi connectivity index (χ4n) is 3.91. The van der Waals surface area contributed by atoms with E-state index < -0.39 is 16.1 Å². The summed E-state index contributed by atoms with van der Waals surface area (Å²) < 4.78 is 27.5. The predicted octanol–water partition coefficient (Wildman–Crippen LogP) is 2.54. The first-order valence-corrected chi connectivity index (χ1v) is 12.5. The summed E-state index contributed by atoms with van der Waals surface area (Å²) in [7, 11) is -3.78. The molecule has 1 aromatic carbocycles. The lowest BCUT2D eigenvalue weighted by Crippen LogP contribution is -2.55. The van der Waals surface area contributed by atoms with Gasteiger partial charge in [0, 0.05) is 37.7 Å². The summed E-state index contributed by atoms with van der Waals surface area (Å²) in [6.45, 7) is 2.01. The largest absolute Gasteiger partial charge is 0.338 e. The number of carbonyl (C=O) groups excluding carboxylic acids is 2. The Balaban J connectivity index is 1.43. The van der Waals surface area contributed by atoms with Crippen molar-refractivity contribution in [1.29, 1.82) is 0 Å². The second-order valence-electron chi connectivity index (χ2n) is 7.32. The van der Waals surface area contributed by atoms with E-state index in [1.54, 1.807) is 15.9 Å². The van der Waals surface area contributed by atoms with Crippen LogP contribution in [0.2, 0.25) is 5.02 Å². The van der Waals surface area contributed by atoms with Gasteiger partial charge < -0.3 is 9.80 Å². The van der Waals surface area contributed by atoms with Crippen molar-refractivity contribution in [2.75, 3.05) is 32.7 Å². The lowest BCUT2D eigenvalue weighted by Gasteiger charge is -2.37. The van der Waals surface area contributed by atoms with Crippen molar-refractivity contribution in [3.05, 3.63) is 51.7 Å². The molecule has 2 fully saturated rings. The van der Waals surface area contributed by atoms with Crippen molar-refractivity contribution in [1.82, 2.24) is 14.1 Å². The van der Waals surface area contributed by atoms with Gasteiger partial charge in [0.15, 0.2) is 0 Å². The summed E-state index contributed by atoms with van der Waals surface area (Å²) in [5, 5.41) is 2.32. The van der Waals surface area contributed by atoms with Crippen LogP contribution in [0.15, 0.2) is 46.7 Å². The topological polar surface area (TPSA) is 78.0 Å². The third-order valence-corrected chi connectivity index (χ3v) is 8.55. The molecule has 0 spiro atoms. The average molecular weight is 468 g/mol. The Labute approximate surface area is 184 Å². The van der Waals surface area contributed by atoms with E-state index in [2.05, 4.69) is 0 Å². The third kappa shape index (κ3) is 4.12. The van der Waals surface area contributed by atoms with E-state index in [9.17, 15) is 18.0 Å². The number of amides is 2. The zero-order chi connectivity index (χ0) is 21.3. The van der Waals surface area contributed by atoms with Gasteiger partial charge in [-0.25, -0.2) is 8.42 Å². The fraction of sp³-hybridized carbons (Fsp3) is 0.400. The zero-order valence-electron chi connectivity index (χ0n) is 16.2. The first-order chi connectivity index (χ1) is 14.4. The van der Waals surface area contributed by atoms with Crippen LogP contribution in [0, 0.1) is 0 Å². The monoisotopic (exact) mass is 467 g/mol. The van der Waals surface area contributed by atoms with Crippen LogP contribution in [0.25, 0.3) is 0 Å². The summed E-state index contributed by atoms with van der Waals surface area (Å²) in [6.07, 6.45) is 1.14. The minimum atomic E-state index is -3.78. The molecular weight excluding hydrogens is 446 g/mol. The molecule has 2 aliphatic rings. The molecule has 1 aromatic heterocycles. The molecule has 2 aromatic rings. The maximum absolute atomic E-state index is 13.1. The number of thiophene rings is 1. The Kier molecular flexibility index (Phi) is 6.15. The first-order valence-electron chi connectivity index (χ1n) is 9.77. The van der Waals surface area contributed by atoms with Gasteiger partial charge in [0.05, 0.1) is 9.77 Å². The van der Waals surface area contributed by atoms with Crippen LogP contribution in [0.4, 0.5) is 0 Å². The molecule has 2 amide bonds. The van der Waals surface area contributed by atoms with Crippen molar-refractivity contribution in [2.45, 2.75) is 23.8 Å². The fourth-order valence-corrected chi connectivity index (χ4v) is 6.38. The van der Waals surface area contributed by atoms with Crippen LogP contribution < -0.4 is 0 Å². The summed E-state index contributed by atoms with van der Waals surface area (Å²) in [5.41, 5.74) is 0. The summed E-state index contributed by atoms with van der Waals surface area (Å²) in [4.78, 5) is 29.9. The highest BCUT2D eigenvalue weighted by Crippen LogP contribution is 2.28. The second-order valence-corrected chi connectivity index (χ2v) is 10.6. The molecule has 0 bridgehead atoms. The van der Waals surface area contributed by atoms with E-state index in [0.29, 0.717) is 55.5 Å². The van der Waals surface area contributed by atoms with Crippen LogP contribution in [0.3, 0.4) is 0 Å². The molecule has 1 unspecified atom stereocenters. The van der Waals surface area contributed by atoms with Gasteiger partial charge in [0.25, 0.3) is 5.91 Å². The molecule has 30 heavy (non-hydrogen) atoms. The number of hydrogen-bond acceptors (Lipinski definition) is 5. The van der Waals surface area contributed by atoms with Crippen LogP contribution in [-0.4, -0.2) is 73.1 Å². The Bertz CT molecular complexity index is 1020. The molecule has 0 N–H and O–H groups in total. The normalized spacial score (nSPS) is 20.5. The van der Waals surface area contributed by atoms with Gasteiger partial charge in [-0.05, 0) is 48.6 Å². The van der Waals surface area contributed by atoms with E-state index in [1.807, 2.05) is 11.4 Å². The van der Waals surface area contributed by atoms with Gasteiger partial charge in [-0.2, -0.15) is 4.31 Å². The van der Waals surface area contributed by atoms with Crippen molar-refractivity contribution >= 4 is 44.8 Å². The Morgan fingerprint density at radius 2 is 1.63 bits per heavy atom. The Morgan fingerprint density at radius 3 is 2.27 bits per heavy atom. The lowest BCUT2D eigenvalue weighted by molar-refractivity contribution is -0.136. The van der Waals surface area contributed by atoms with Crippen LogP contribution in [0.5, 0.6) is 0 Å². The maximum atomic E-state index is 13.1. The van der Waals surface area contributed by atoms with E-state index in [4.69, 9.17) is 11.6 Å². The molecule has 0 radical (unpaired) electrons. The van der Waals surface area contributed by atoms with Crippen LogP contribution in [0.1, 0.15) is 22.5 Å². The molecule has 3 heterocycles. The molecule has 4 rings (SSSR count). The number of sulfonamides is 1. The number of piperazine rings is 1. The maximum Gasteiger partial charge on any atom is 0.264 e. The molecule has 0 aliphatic carbocycles. The molecular formula is C20H22ClN3O4S2. The van der Waals surface area contributed by atoms with E-state index >= 15 is 0 Å². The second kappa shape index (κ2) is 8.66. The predicted molar refractivity (Wildman–Crippen MR) is 115 cm³/mol. The molecule has 2 saturated heterocycles. The van der Waals surface area contributed by atoms with Crippen molar-refractivity contribution in [3.63, 3.8) is 0 Å². The molecule has 10 heteroatoms. The number of rotatable bonds is 4. The van der Waals surface area contributed by atoms with Crippen LogP contribution in [-0.2, 0) is 14.8 Å². The quantitative estimate of drug-likeness (QED) is 0.692. The molecule has 160 valence electrons. The minimum absolute atomic E-state index is 0.0232. The van der Waals surface area contributed by atoms with Crippen molar-refractivity contribution in [2.24, 2.45) is 0 Å². The molecule has 1 atom stereocenters. The molecule has 0 saturated carbocycles. The van der Waals surface area contributed by atoms with Gasteiger partial charge in [0.2, 0.25) is 15.9 Å². The zero-order valence-corrected chi connectivity index (χ0v) is 18.6. The smallest absolute Gasteiger partial charge is 0.264 e. The summed E-state index contributed by atoms with van der Waals surface area (Å²) >= 11 is 7.27. The summed E-state index contributed by atoms with van der Waals surface area (Å²) in [5.74, 6) is -0.210. The van der Waals surface area contributed by atoms with Crippen LogP contribution >= 0.6 is 22.9 Å². The number of carbonyl (C=O) groups is 2. The van der Waals surface area contributed by atoms with Gasteiger partial charge in [-0.1, -0.05) is 17.7 Å². The number of nitrogens with zero attached hydrogens (tertiary/aromatic N) is 3. The highest BCUT2D eigenvalue weighted by atomic mass is 35.5. The molecule has 2 aliphatic heterocycles. The van der Waals surface area contributed by atoms with Crippen molar-refractivity contribution in [3.8, 4) is 0 Å². The minimum Gasteiger partial charge on any atom is -0.338 e. The van der Waals surface area contributed by atoms with Gasteiger partial charge in [-0.3, -0.25) is 9.59 Å². The standard InChI is InChI=1S/C20H22ClN3O4S2/c21-15-5-7-16(8-6-15)30(27,28)24-9-1-3-17(24)19(25)22-10-12-23(13-11-22)20(26)18-4-2-14-29-18/h2,4-8,14,17H,1,3,9-13H2. The van der Waals surface area contributed by atoms with E-state index in [-0.39, 0.29) is 16.7 Å². The highest BCUT2D eigenvalue weighted by Gasteiger charge is 2.41. The van der Waals surface area contributed by atoms with E-state index in [1.165, 1.54) is 39.9 Å². The Morgan fingerprint density at radius 1 is 0.967 bits per heavy atom. The summed E-state index contributed by atoms with van der Waals surface area (Å²) in [6, 6.07) is 8.93. The number of benzene rings is 1. The van der Waals surface area contributed by atoms with Gasteiger partial charge in [0.1, 0.15) is 6.04 Å². The first kappa shape index (κ1) is 21.3. The highest BCUT2D eigenvalue weighted by molar-refractivity contribution is 7.89. The SMILES string of the molecule is O=C(c1cccs1)N1CCN(C(=O)C2CCCN2S(=O)(=O)c2ccc(Cl)cc2)CC1. The Hall–Kier alpha value is -1.94. The number of halogens is 1. The number of hydrogen-bond donors (Lipinski definition) is 0. The lowest BCUT2D eigenvalue weighted by atomic mass is 10.2. The van der Waals surface area contributed by atoms with E-state index in [0.717, 1.165) is 0 Å². The average Bonchev–Trinajstić information content (AvgIpc) is 3.45. The molecule has 7 nitrogen and oxygen atoms in total. The van der Waals surface area contributed by atoms with Gasteiger partial charge in [-0.15, -0.1) is 11.3 Å². The van der Waals surface area contributed by atoms with Gasteiger partial charge >= 0.3 is 0 Å². The van der Waals surface area contributed by atoms with Crippen molar-refractivity contribution < 1.29 is 18.0 Å². The third-order valence-electron chi connectivity index (χ3n) is 5.52.